The third-order valence-corrected chi connectivity index (χ3v) is 3.78. The van der Waals surface area contributed by atoms with E-state index in [4.69, 9.17) is 9.47 Å². The molecule has 0 aliphatic heterocycles. The van der Waals surface area contributed by atoms with Crippen molar-refractivity contribution in [3.05, 3.63) is 23.8 Å². The third kappa shape index (κ3) is 7.19. The minimum absolute atomic E-state index is 0.107. The molecule has 0 aliphatic rings. The van der Waals surface area contributed by atoms with E-state index >= 15 is 0 Å². The summed E-state index contributed by atoms with van der Waals surface area (Å²) in [6, 6.07) is 4.61. The van der Waals surface area contributed by atoms with Gasteiger partial charge in [-0.1, -0.05) is 32.9 Å². The zero-order valence-electron chi connectivity index (χ0n) is 17.2. The standard InChI is InChI=1S/C20H30N2O6/c1-6-17(24)28-18-14(5)9-8-10-15(18)21-20(26)22(11-13(3)4)12-16(23)19(25)27-7-2/h8-10,13,16,23H,6-7,11-12H2,1-5H3,(H,21,26). The lowest BCUT2D eigenvalue weighted by Gasteiger charge is -2.27. The second kappa shape index (κ2) is 11.3. The second-order valence-electron chi connectivity index (χ2n) is 6.78. The van der Waals surface area contributed by atoms with E-state index in [2.05, 4.69) is 5.32 Å². The minimum atomic E-state index is -1.45. The summed E-state index contributed by atoms with van der Waals surface area (Å²) in [5, 5.41) is 12.7. The van der Waals surface area contributed by atoms with Crippen molar-refractivity contribution < 1.29 is 29.0 Å². The molecule has 0 aliphatic carbocycles. The van der Waals surface area contributed by atoms with Gasteiger partial charge >= 0.3 is 18.0 Å². The van der Waals surface area contributed by atoms with E-state index in [1.807, 2.05) is 13.8 Å². The Bertz CT molecular complexity index is 689. The first-order valence-corrected chi connectivity index (χ1v) is 9.40. The molecule has 0 radical (unpaired) electrons. The van der Waals surface area contributed by atoms with Crippen LogP contribution < -0.4 is 10.1 Å². The molecule has 0 heterocycles. The minimum Gasteiger partial charge on any atom is -0.464 e. The van der Waals surface area contributed by atoms with Crippen LogP contribution in [0.1, 0.15) is 39.7 Å². The number of nitrogens with one attached hydrogen (secondary N) is 1. The van der Waals surface area contributed by atoms with E-state index in [0.717, 1.165) is 0 Å². The van der Waals surface area contributed by atoms with Crippen LogP contribution >= 0.6 is 0 Å². The quantitative estimate of drug-likeness (QED) is 0.493. The number of aryl methyl sites for hydroxylation is 1. The van der Waals surface area contributed by atoms with E-state index in [9.17, 15) is 19.5 Å². The van der Waals surface area contributed by atoms with Crippen LogP contribution in [0, 0.1) is 12.8 Å². The molecule has 0 saturated carbocycles. The molecule has 0 bridgehead atoms. The Kier molecular flexibility index (Phi) is 9.44. The van der Waals surface area contributed by atoms with Crippen molar-refractivity contribution in [3.8, 4) is 5.75 Å². The van der Waals surface area contributed by atoms with Crippen molar-refractivity contribution in [2.45, 2.75) is 47.1 Å². The molecule has 1 aromatic carbocycles. The number of ether oxygens (including phenoxy) is 2. The van der Waals surface area contributed by atoms with E-state index in [1.165, 1.54) is 4.90 Å². The fraction of sp³-hybridized carbons (Fsp3) is 0.550. The van der Waals surface area contributed by atoms with Gasteiger partial charge in [-0.25, -0.2) is 9.59 Å². The number of aliphatic hydroxyl groups excluding tert-OH is 1. The van der Waals surface area contributed by atoms with Gasteiger partial charge in [-0.05, 0) is 31.4 Å². The van der Waals surface area contributed by atoms with Gasteiger partial charge in [0.25, 0.3) is 0 Å². The summed E-state index contributed by atoms with van der Waals surface area (Å²) >= 11 is 0. The number of hydrogen-bond donors (Lipinski definition) is 2. The van der Waals surface area contributed by atoms with Gasteiger partial charge in [0.15, 0.2) is 11.9 Å². The number of urea groups is 1. The maximum atomic E-state index is 12.8. The first kappa shape index (κ1) is 23.4. The maximum absolute atomic E-state index is 12.8. The Hall–Kier alpha value is -2.61. The molecule has 28 heavy (non-hydrogen) atoms. The van der Waals surface area contributed by atoms with Crippen molar-refractivity contribution in [1.82, 2.24) is 4.90 Å². The molecule has 0 saturated heterocycles. The molecule has 156 valence electrons. The molecule has 8 heteroatoms. The zero-order valence-corrected chi connectivity index (χ0v) is 17.2. The molecule has 2 N–H and O–H groups in total. The summed E-state index contributed by atoms with van der Waals surface area (Å²) in [7, 11) is 0. The summed E-state index contributed by atoms with van der Waals surface area (Å²) in [6.45, 7) is 9.17. The van der Waals surface area contributed by atoms with Crippen LogP contribution in [-0.2, 0) is 14.3 Å². The fourth-order valence-electron chi connectivity index (χ4n) is 2.47. The highest BCUT2D eigenvalue weighted by molar-refractivity contribution is 5.92. The average molecular weight is 394 g/mol. The first-order chi connectivity index (χ1) is 13.2. The Labute approximate surface area is 165 Å². The third-order valence-electron chi connectivity index (χ3n) is 3.78. The molecule has 0 spiro atoms. The topological polar surface area (TPSA) is 105 Å². The number of carbonyl (C=O) groups is 3. The number of rotatable bonds is 9. The lowest BCUT2D eigenvalue weighted by atomic mass is 10.2. The van der Waals surface area contributed by atoms with Gasteiger partial charge in [0, 0.05) is 13.0 Å². The molecule has 0 aromatic heterocycles. The predicted octanol–water partition coefficient (Wildman–Crippen LogP) is 2.72. The highest BCUT2D eigenvalue weighted by Gasteiger charge is 2.25. The van der Waals surface area contributed by atoms with Crippen molar-refractivity contribution in [2.75, 3.05) is 25.0 Å². The van der Waals surface area contributed by atoms with Crippen LogP contribution in [0.4, 0.5) is 10.5 Å². The summed E-state index contributed by atoms with van der Waals surface area (Å²) in [5.74, 6) is -0.813. The molecule has 2 amide bonds. The molecule has 1 atom stereocenters. The summed E-state index contributed by atoms with van der Waals surface area (Å²) in [6.07, 6.45) is -1.24. The molecule has 1 aromatic rings. The zero-order chi connectivity index (χ0) is 21.3. The van der Waals surface area contributed by atoms with Gasteiger partial charge in [0.05, 0.1) is 18.8 Å². The van der Waals surface area contributed by atoms with Crippen LogP contribution in [0.25, 0.3) is 0 Å². The van der Waals surface area contributed by atoms with Gasteiger partial charge in [0.1, 0.15) is 0 Å². The van der Waals surface area contributed by atoms with Gasteiger partial charge in [-0.2, -0.15) is 0 Å². The van der Waals surface area contributed by atoms with Crippen LogP contribution in [0.5, 0.6) is 5.75 Å². The number of hydrogen-bond acceptors (Lipinski definition) is 6. The molecule has 0 fully saturated rings. The molecular formula is C20H30N2O6. The lowest BCUT2D eigenvalue weighted by Crippen LogP contribution is -2.45. The van der Waals surface area contributed by atoms with E-state index < -0.39 is 24.1 Å². The maximum Gasteiger partial charge on any atom is 0.336 e. The van der Waals surface area contributed by atoms with Gasteiger partial charge in [-0.3, -0.25) is 4.79 Å². The number of para-hydroxylation sites is 1. The molecule has 8 nitrogen and oxygen atoms in total. The van der Waals surface area contributed by atoms with Gasteiger partial charge < -0.3 is 24.8 Å². The highest BCUT2D eigenvalue weighted by Crippen LogP contribution is 2.29. The van der Waals surface area contributed by atoms with E-state index in [1.54, 1.807) is 39.0 Å². The van der Waals surface area contributed by atoms with Gasteiger partial charge in [0.2, 0.25) is 0 Å². The number of anilines is 1. The smallest absolute Gasteiger partial charge is 0.336 e. The number of esters is 2. The van der Waals surface area contributed by atoms with Crippen LogP contribution in [-0.4, -0.2) is 53.8 Å². The normalized spacial score (nSPS) is 11.7. The summed E-state index contributed by atoms with van der Waals surface area (Å²) < 4.78 is 10.1. The lowest BCUT2D eigenvalue weighted by molar-refractivity contribution is -0.153. The molecule has 1 unspecified atom stereocenters. The van der Waals surface area contributed by atoms with Crippen molar-refractivity contribution in [2.24, 2.45) is 5.92 Å². The Morgan fingerprint density at radius 3 is 2.43 bits per heavy atom. The Balaban J connectivity index is 3.00. The average Bonchev–Trinajstić information content (AvgIpc) is 2.63. The largest absolute Gasteiger partial charge is 0.464 e. The highest BCUT2D eigenvalue weighted by atomic mass is 16.5. The fourth-order valence-corrected chi connectivity index (χ4v) is 2.47. The van der Waals surface area contributed by atoms with Gasteiger partial charge in [-0.15, -0.1) is 0 Å². The number of aliphatic hydroxyl groups is 1. The molecular weight excluding hydrogens is 364 g/mol. The van der Waals surface area contributed by atoms with Crippen LogP contribution in [0.3, 0.4) is 0 Å². The first-order valence-electron chi connectivity index (χ1n) is 9.40. The number of nitrogens with zero attached hydrogens (tertiary/aromatic N) is 1. The van der Waals surface area contributed by atoms with Crippen molar-refractivity contribution >= 4 is 23.7 Å². The summed E-state index contributed by atoms with van der Waals surface area (Å²) in [4.78, 5) is 37.5. The Morgan fingerprint density at radius 1 is 1.18 bits per heavy atom. The second-order valence-corrected chi connectivity index (χ2v) is 6.78. The van der Waals surface area contributed by atoms with E-state index in [-0.39, 0.29) is 31.2 Å². The number of amides is 2. The monoisotopic (exact) mass is 394 g/mol. The van der Waals surface area contributed by atoms with Crippen molar-refractivity contribution in [3.63, 3.8) is 0 Å². The number of carbonyl (C=O) groups excluding carboxylic acids is 3. The van der Waals surface area contributed by atoms with Crippen molar-refractivity contribution in [1.29, 1.82) is 0 Å². The predicted molar refractivity (Wildman–Crippen MR) is 105 cm³/mol. The van der Waals surface area contributed by atoms with Crippen LogP contribution in [0.2, 0.25) is 0 Å². The molecule has 1 rings (SSSR count). The van der Waals surface area contributed by atoms with Crippen LogP contribution in [0.15, 0.2) is 18.2 Å². The van der Waals surface area contributed by atoms with E-state index in [0.29, 0.717) is 17.8 Å². The SMILES string of the molecule is CCOC(=O)C(O)CN(CC(C)C)C(=O)Nc1cccc(C)c1OC(=O)CC. The Morgan fingerprint density at radius 2 is 1.86 bits per heavy atom. The summed E-state index contributed by atoms with van der Waals surface area (Å²) in [5.41, 5.74) is 1.03. The number of benzene rings is 1.